The van der Waals surface area contributed by atoms with Gasteiger partial charge >= 0.3 is 6.03 Å². The van der Waals surface area contributed by atoms with E-state index >= 15 is 0 Å². The van der Waals surface area contributed by atoms with Crippen molar-refractivity contribution in [2.45, 2.75) is 38.4 Å². The third kappa shape index (κ3) is 5.48. The molecule has 35 heavy (non-hydrogen) atoms. The highest BCUT2D eigenvalue weighted by molar-refractivity contribution is 5.78. The van der Waals surface area contributed by atoms with E-state index in [1.807, 2.05) is 29.3 Å². The maximum absolute atomic E-state index is 13.1. The topological polar surface area (TPSA) is 73.8 Å². The molecule has 0 bridgehead atoms. The minimum atomic E-state index is 0.0513. The van der Waals surface area contributed by atoms with Crippen LogP contribution in [0.1, 0.15) is 25.3 Å². The van der Waals surface area contributed by atoms with Gasteiger partial charge in [0.1, 0.15) is 11.6 Å². The van der Waals surface area contributed by atoms with Crippen LogP contribution >= 0.6 is 0 Å². The summed E-state index contributed by atoms with van der Waals surface area (Å²) >= 11 is 0. The van der Waals surface area contributed by atoms with Crippen LogP contribution in [0.2, 0.25) is 0 Å². The Morgan fingerprint density at radius 2 is 1.86 bits per heavy atom. The van der Waals surface area contributed by atoms with Gasteiger partial charge in [-0.3, -0.25) is 9.88 Å². The molecule has 2 aromatic carbocycles. The zero-order valence-corrected chi connectivity index (χ0v) is 20.6. The molecule has 3 aromatic rings. The van der Waals surface area contributed by atoms with Crippen LogP contribution < -0.4 is 15.0 Å². The molecule has 2 fully saturated rings. The highest BCUT2D eigenvalue weighted by atomic mass is 16.5. The molecule has 0 aliphatic carbocycles. The lowest BCUT2D eigenvalue weighted by atomic mass is 10.0. The van der Waals surface area contributed by atoms with E-state index in [4.69, 9.17) is 9.72 Å². The molecule has 2 saturated heterocycles. The van der Waals surface area contributed by atoms with Gasteiger partial charge in [0.15, 0.2) is 0 Å². The first-order valence-corrected chi connectivity index (χ1v) is 12.5. The van der Waals surface area contributed by atoms with E-state index in [0.717, 1.165) is 68.2 Å². The minimum absolute atomic E-state index is 0.0513. The molecule has 2 amide bonds. The minimum Gasteiger partial charge on any atom is -0.497 e. The number of fused-ring (bicyclic) bond motifs is 1. The van der Waals surface area contributed by atoms with E-state index in [-0.39, 0.29) is 18.1 Å². The fourth-order valence-electron chi connectivity index (χ4n) is 5.06. The predicted molar refractivity (Wildman–Crippen MR) is 138 cm³/mol. The molecular formula is C27H34N6O2. The number of ether oxygens (including phenoxy) is 1. The molecule has 2 aliphatic rings. The number of benzene rings is 2. The monoisotopic (exact) mass is 474 g/mol. The van der Waals surface area contributed by atoms with Crippen LogP contribution in [0.3, 0.4) is 0 Å². The Morgan fingerprint density at radius 1 is 1.06 bits per heavy atom. The second-order valence-corrected chi connectivity index (χ2v) is 9.56. The molecule has 184 valence electrons. The normalized spacial score (nSPS) is 19.7. The number of nitrogens with one attached hydrogen (secondary N) is 1. The van der Waals surface area contributed by atoms with Crippen molar-refractivity contribution in [1.82, 2.24) is 25.1 Å². The summed E-state index contributed by atoms with van der Waals surface area (Å²) in [4.78, 5) is 29.1. The van der Waals surface area contributed by atoms with Crippen LogP contribution in [-0.2, 0) is 6.54 Å². The lowest BCUT2D eigenvalue weighted by Gasteiger charge is -2.41. The fraction of sp³-hybridized carbons (Fsp3) is 0.444. The largest absolute Gasteiger partial charge is 0.497 e. The van der Waals surface area contributed by atoms with E-state index < -0.39 is 0 Å². The Labute approximate surface area is 206 Å². The first kappa shape index (κ1) is 23.4. The van der Waals surface area contributed by atoms with E-state index in [1.54, 1.807) is 7.11 Å². The van der Waals surface area contributed by atoms with E-state index in [2.05, 4.69) is 57.4 Å². The molecule has 1 atom stereocenters. The standard InChI is InChI=1S/C27H34N6O2/c1-20-18-32(26-17-28-25-16-23(35-2)8-9-24(25)30-26)14-15-33(20)27(34)29-22-10-12-31(13-11-22)19-21-6-4-3-5-7-21/h3-9,16-17,20,22H,10-15,18-19H2,1-2H3,(H,29,34)/t20-/m1/s1. The van der Waals surface area contributed by atoms with Crippen LogP contribution in [0.4, 0.5) is 10.6 Å². The second-order valence-electron chi connectivity index (χ2n) is 9.56. The van der Waals surface area contributed by atoms with Crippen molar-refractivity contribution < 1.29 is 9.53 Å². The van der Waals surface area contributed by atoms with Gasteiger partial charge < -0.3 is 19.9 Å². The van der Waals surface area contributed by atoms with Gasteiger partial charge in [0.2, 0.25) is 0 Å². The molecule has 1 aromatic heterocycles. The molecule has 8 heteroatoms. The Kier molecular flexibility index (Phi) is 6.99. The summed E-state index contributed by atoms with van der Waals surface area (Å²) in [5, 5.41) is 3.29. The summed E-state index contributed by atoms with van der Waals surface area (Å²) in [6.07, 6.45) is 3.79. The molecular weight excluding hydrogens is 440 g/mol. The van der Waals surface area contributed by atoms with E-state index in [1.165, 1.54) is 5.56 Å². The van der Waals surface area contributed by atoms with Crippen molar-refractivity contribution in [1.29, 1.82) is 0 Å². The van der Waals surface area contributed by atoms with Crippen LogP contribution in [0.15, 0.2) is 54.7 Å². The number of piperazine rings is 1. The summed E-state index contributed by atoms with van der Waals surface area (Å²) in [6, 6.07) is 16.7. The smallest absolute Gasteiger partial charge is 0.317 e. The number of rotatable bonds is 5. The molecule has 0 spiro atoms. The highest BCUT2D eigenvalue weighted by Crippen LogP contribution is 2.22. The number of aromatic nitrogens is 2. The van der Waals surface area contributed by atoms with Crippen LogP contribution in [-0.4, -0.2) is 77.7 Å². The quantitative estimate of drug-likeness (QED) is 0.610. The Morgan fingerprint density at radius 3 is 2.60 bits per heavy atom. The van der Waals surface area contributed by atoms with Gasteiger partial charge in [0, 0.05) is 57.4 Å². The zero-order valence-electron chi connectivity index (χ0n) is 20.6. The summed E-state index contributed by atoms with van der Waals surface area (Å²) in [7, 11) is 1.65. The zero-order chi connectivity index (χ0) is 24.2. The average Bonchev–Trinajstić information content (AvgIpc) is 2.89. The number of piperidine rings is 1. The number of methoxy groups -OCH3 is 1. The number of carbonyl (C=O) groups is 1. The molecule has 2 aliphatic heterocycles. The van der Waals surface area contributed by atoms with Crippen molar-refractivity contribution >= 4 is 22.9 Å². The molecule has 0 radical (unpaired) electrons. The summed E-state index contributed by atoms with van der Waals surface area (Å²) < 4.78 is 5.28. The van der Waals surface area contributed by atoms with Gasteiger partial charge in [-0.1, -0.05) is 30.3 Å². The third-order valence-electron chi connectivity index (χ3n) is 7.11. The van der Waals surface area contributed by atoms with Gasteiger partial charge in [-0.15, -0.1) is 0 Å². The molecule has 3 heterocycles. The van der Waals surface area contributed by atoms with Crippen molar-refractivity contribution in [2.24, 2.45) is 0 Å². The van der Waals surface area contributed by atoms with Crippen molar-refractivity contribution in [3.63, 3.8) is 0 Å². The molecule has 8 nitrogen and oxygen atoms in total. The average molecular weight is 475 g/mol. The number of likely N-dealkylation sites (tertiary alicyclic amines) is 1. The number of amides is 2. The van der Waals surface area contributed by atoms with Crippen LogP contribution in [0, 0.1) is 0 Å². The highest BCUT2D eigenvalue weighted by Gasteiger charge is 2.30. The van der Waals surface area contributed by atoms with Gasteiger partial charge in [-0.05, 0) is 37.5 Å². The van der Waals surface area contributed by atoms with Crippen molar-refractivity contribution in [2.75, 3.05) is 44.7 Å². The molecule has 0 unspecified atom stereocenters. The Balaban J connectivity index is 1.12. The lowest BCUT2D eigenvalue weighted by molar-refractivity contribution is 0.152. The third-order valence-corrected chi connectivity index (χ3v) is 7.11. The van der Waals surface area contributed by atoms with Gasteiger partial charge in [0.25, 0.3) is 0 Å². The fourth-order valence-corrected chi connectivity index (χ4v) is 5.06. The van der Waals surface area contributed by atoms with E-state index in [0.29, 0.717) is 6.54 Å². The first-order valence-electron chi connectivity index (χ1n) is 12.5. The maximum atomic E-state index is 13.1. The number of carbonyl (C=O) groups excluding carboxylic acids is 1. The molecule has 0 saturated carbocycles. The van der Waals surface area contributed by atoms with Crippen LogP contribution in [0.5, 0.6) is 5.75 Å². The summed E-state index contributed by atoms with van der Waals surface area (Å²) in [5.74, 6) is 1.62. The number of hydrogen-bond acceptors (Lipinski definition) is 6. The second kappa shape index (κ2) is 10.5. The lowest BCUT2D eigenvalue weighted by Crippen LogP contribution is -2.58. The van der Waals surface area contributed by atoms with Crippen molar-refractivity contribution in [3.05, 3.63) is 60.3 Å². The number of hydrogen-bond donors (Lipinski definition) is 1. The van der Waals surface area contributed by atoms with Crippen LogP contribution in [0.25, 0.3) is 11.0 Å². The first-order chi connectivity index (χ1) is 17.1. The number of anilines is 1. The van der Waals surface area contributed by atoms with Gasteiger partial charge in [-0.25, -0.2) is 9.78 Å². The Hall–Kier alpha value is -3.39. The Bertz CT molecular complexity index is 1150. The SMILES string of the molecule is COc1ccc2nc(N3CCN(C(=O)NC4CCN(Cc5ccccc5)CC4)[C@H](C)C3)cnc2c1. The predicted octanol–water partition coefficient (Wildman–Crippen LogP) is 3.52. The number of urea groups is 1. The number of nitrogens with zero attached hydrogens (tertiary/aromatic N) is 5. The maximum Gasteiger partial charge on any atom is 0.317 e. The van der Waals surface area contributed by atoms with E-state index in [9.17, 15) is 4.79 Å². The van der Waals surface area contributed by atoms with Gasteiger partial charge in [-0.2, -0.15) is 0 Å². The summed E-state index contributed by atoms with van der Waals surface area (Å²) in [6.45, 7) is 7.25. The van der Waals surface area contributed by atoms with Gasteiger partial charge in [0.05, 0.1) is 24.3 Å². The summed E-state index contributed by atoms with van der Waals surface area (Å²) in [5.41, 5.74) is 3.00. The van der Waals surface area contributed by atoms with Crippen molar-refractivity contribution in [3.8, 4) is 5.75 Å². The molecule has 5 rings (SSSR count). The molecule has 1 N–H and O–H groups in total.